The van der Waals surface area contributed by atoms with E-state index in [9.17, 15) is 0 Å². The first kappa shape index (κ1) is 39.8. The molecule has 0 bridgehead atoms. The van der Waals surface area contributed by atoms with Gasteiger partial charge in [0.15, 0.2) is 0 Å². The zero-order chi connectivity index (χ0) is 44.5. The standard InChI is InChI=1S/C66H45N/c1-4-16-46(17-5-1)56-41-57(47-18-6-2-7-19-47)43-58(42-56)50-32-37-60(38-33-50)67(59-35-30-49(31-36-59)53-29-28-48-20-10-11-23-52(48)40-53)66-45-55(34-39-62(66)51-21-8-3-9-22-51)65-44-54-24-12-13-25-61(54)63-26-14-15-27-64(63)65/h1-45H. The first-order chi connectivity index (χ1) is 33.2. The largest absolute Gasteiger partial charge is 0.310 e. The predicted octanol–water partition coefficient (Wildman–Crippen LogP) is 18.6. The molecule has 1 nitrogen and oxygen atoms in total. The summed E-state index contributed by atoms with van der Waals surface area (Å²) in [6, 6.07) is 99.7. The Balaban J connectivity index is 1.04. The fourth-order valence-electron chi connectivity index (χ4n) is 9.83. The molecule has 0 unspecified atom stereocenters. The molecule has 0 saturated heterocycles. The maximum absolute atomic E-state index is 2.44. The van der Waals surface area contributed by atoms with Crippen LogP contribution in [-0.4, -0.2) is 0 Å². The summed E-state index contributed by atoms with van der Waals surface area (Å²) in [7, 11) is 0. The van der Waals surface area contributed by atoms with E-state index in [1.165, 1.54) is 76.8 Å². The second-order valence-electron chi connectivity index (χ2n) is 17.3. The summed E-state index contributed by atoms with van der Waals surface area (Å²) in [6.45, 7) is 0. The van der Waals surface area contributed by atoms with Gasteiger partial charge >= 0.3 is 0 Å². The lowest BCUT2D eigenvalue weighted by atomic mass is 9.91. The van der Waals surface area contributed by atoms with Gasteiger partial charge < -0.3 is 4.90 Å². The lowest BCUT2D eigenvalue weighted by Crippen LogP contribution is -2.11. The lowest BCUT2D eigenvalue weighted by Gasteiger charge is -2.29. The monoisotopic (exact) mass is 851 g/mol. The Morgan fingerprint density at radius 3 is 1.22 bits per heavy atom. The highest BCUT2D eigenvalue weighted by Gasteiger charge is 2.21. The number of hydrogen-bond donors (Lipinski definition) is 0. The summed E-state index contributed by atoms with van der Waals surface area (Å²) in [4.78, 5) is 2.44. The predicted molar refractivity (Wildman–Crippen MR) is 286 cm³/mol. The topological polar surface area (TPSA) is 3.24 Å². The third-order valence-electron chi connectivity index (χ3n) is 13.2. The maximum atomic E-state index is 2.44. The summed E-state index contributed by atoms with van der Waals surface area (Å²) in [5.74, 6) is 0. The zero-order valence-corrected chi connectivity index (χ0v) is 36.9. The number of hydrogen-bond acceptors (Lipinski definition) is 1. The molecule has 0 heterocycles. The van der Waals surface area contributed by atoms with E-state index in [0.717, 1.165) is 39.3 Å². The van der Waals surface area contributed by atoms with Gasteiger partial charge in [-0.2, -0.15) is 0 Å². The molecule has 12 aromatic carbocycles. The molecule has 0 radical (unpaired) electrons. The molecule has 0 aliphatic carbocycles. The van der Waals surface area contributed by atoms with Crippen molar-refractivity contribution in [3.05, 3.63) is 273 Å². The highest BCUT2D eigenvalue weighted by atomic mass is 15.1. The van der Waals surface area contributed by atoms with Crippen molar-refractivity contribution in [2.75, 3.05) is 4.90 Å². The molecule has 314 valence electrons. The average molecular weight is 852 g/mol. The molecule has 0 aliphatic heterocycles. The molecule has 0 atom stereocenters. The Bertz CT molecular complexity index is 3650. The summed E-state index contributed by atoms with van der Waals surface area (Å²) in [6.07, 6.45) is 0. The summed E-state index contributed by atoms with van der Waals surface area (Å²) < 4.78 is 0. The number of nitrogens with zero attached hydrogens (tertiary/aromatic N) is 1. The van der Waals surface area contributed by atoms with E-state index in [1.54, 1.807) is 0 Å². The highest BCUT2D eigenvalue weighted by molar-refractivity contribution is 6.14. The van der Waals surface area contributed by atoms with Crippen molar-refractivity contribution in [1.82, 2.24) is 0 Å². The number of rotatable bonds is 9. The van der Waals surface area contributed by atoms with Crippen molar-refractivity contribution in [3.8, 4) is 66.8 Å². The van der Waals surface area contributed by atoms with Gasteiger partial charge in [-0.25, -0.2) is 0 Å². The number of anilines is 3. The van der Waals surface area contributed by atoms with Gasteiger partial charge in [-0.3, -0.25) is 0 Å². The second kappa shape index (κ2) is 17.3. The SMILES string of the molecule is c1ccc(-c2cc(-c3ccccc3)cc(-c3ccc(N(c4ccc(-c5ccc6ccccc6c5)cc4)c4cc(-c5cc6ccccc6c6ccccc56)ccc4-c4ccccc4)cc3)c2)cc1. The first-order valence-corrected chi connectivity index (χ1v) is 23.1. The minimum Gasteiger partial charge on any atom is -0.310 e. The molecule has 0 fully saturated rings. The quantitative estimate of drug-likeness (QED) is 0.131. The molecule has 0 aliphatic rings. The third kappa shape index (κ3) is 7.73. The normalized spacial score (nSPS) is 11.3. The maximum Gasteiger partial charge on any atom is 0.0546 e. The van der Waals surface area contributed by atoms with E-state index in [0.29, 0.717) is 0 Å². The van der Waals surface area contributed by atoms with Crippen LogP contribution in [0.3, 0.4) is 0 Å². The molecule has 0 N–H and O–H groups in total. The van der Waals surface area contributed by atoms with Gasteiger partial charge in [-0.05, 0) is 154 Å². The second-order valence-corrected chi connectivity index (χ2v) is 17.3. The van der Waals surface area contributed by atoms with Gasteiger partial charge in [0, 0.05) is 16.9 Å². The van der Waals surface area contributed by atoms with E-state index in [-0.39, 0.29) is 0 Å². The molecule has 0 amide bonds. The van der Waals surface area contributed by atoms with Crippen LogP contribution >= 0.6 is 0 Å². The molecular weight excluding hydrogens is 807 g/mol. The summed E-state index contributed by atoms with van der Waals surface area (Å²) >= 11 is 0. The Morgan fingerprint density at radius 1 is 0.194 bits per heavy atom. The van der Waals surface area contributed by atoms with Crippen LogP contribution in [0.25, 0.3) is 99.1 Å². The lowest BCUT2D eigenvalue weighted by molar-refractivity contribution is 1.28. The van der Waals surface area contributed by atoms with Gasteiger partial charge in [0.2, 0.25) is 0 Å². The Hall–Kier alpha value is -8.78. The molecule has 0 aromatic heterocycles. The van der Waals surface area contributed by atoms with Gasteiger partial charge in [-0.1, -0.05) is 212 Å². The summed E-state index contributed by atoms with van der Waals surface area (Å²) in [5, 5.41) is 7.47. The smallest absolute Gasteiger partial charge is 0.0546 e. The van der Waals surface area contributed by atoms with Crippen molar-refractivity contribution < 1.29 is 0 Å². The van der Waals surface area contributed by atoms with Crippen LogP contribution in [-0.2, 0) is 0 Å². The molecule has 1 heteroatoms. The van der Waals surface area contributed by atoms with E-state index >= 15 is 0 Å². The van der Waals surface area contributed by atoms with Crippen LogP contribution in [0.2, 0.25) is 0 Å². The highest BCUT2D eigenvalue weighted by Crippen LogP contribution is 2.46. The van der Waals surface area contributed by atoms with Crippen molar-refractivity contribution >= 4 is 49.4 Å². The van der Waals surface area contributed by atoms with Gasteiger partial charge in [0.25, 0.3) is 0 Å². The Labute approximate surface area is 392 Å². The molecule has 0 spiro atoms. The fraction of sp³-hybridized carbons (Fsp3) is 0. The fourth-order valence-corrected chi connectivity index (χ4v) is 9.83. The van der Waals surface area contributed by atoms with E-state index in [4.69, 9.17) is 0 Å². The van der Waals surface area contributed by atoms with Crippen molar-refractivity contribution in [3.63, 3.8) is 0 Å². The van der Waals surface area contributed by atoms with Gasteiger partial charge in [0.1, 0.15) is 0 Å². The van der Waals surface area contributed by atoms with Crippen LogP contribution in [0.15, 0.2) is 273 Å². The van der Waals surface area contributed by atoms with E-state index in [1.807, 2.05) is 0 Å². The molecule has 0 saturated carbocycles. The third-order valence-corrected chi connectivity index (χ3v) is 13.2. The van der Waals surface area contributed by atoms with Crippen LogP contribution in [0.5, 0.6) is 0 Å². The Kier molecular flexibility index (Phi) is 10.3. The van der Waals surface area contributed by atoms with E-state index in [2.05, 4.69) is 278 Å². The van der Waals surface area contributed by atoms with Crippen LogP contribution < -0.4 is 4.90 Å². The number of benzene rings is 12. The van der Waals surface area contributed by atoms with Crippen LogP contribution in [0.1, 0.15) is 0 Å². The zero-order valence-electron chi connectivity index (χ0n) is 36.9. The van der Waals surface area contributed by atoms with Gasteiger partial charge in [-0.15, -0.1) is 0 Å². The minimum atomic E-state index is 1.07. The Morgan fingerprint density at radius 2 is 0.627 bits per heavy atom. The van der Waals surface area contributed by atoms with Crippen molar-refractivity contribution in [2.24, 2.45) is 0 Å². The van der Waals surface area contributed by atoms with Gasteiger partial charge in [0.05, 0.1) is 5.69 Å². The molecule has 12 aromatic rings. The summed E-state index contributed by atoms with van der Waals surface area (Å²) in [5.41, 5.74) is 17.4. The molecule has 12 rings (SSSR count). The first-order valence-electron chi connectivity index (χ1n) is 23.1. The minimum absolute atomic E-state index is 1.07. The molecule has 67 heavy (non-hydrogen) atoms. The van der Waals surface area contributed by atoms with Crippen LogP contribution in [0.4, 0.5) is 17.1 Å². The average Bonchev–Trinajstić information content (AvgIpc) is 3.41. The van der Waals surface area contributed by atoms with E-state index < -0.39 is 0 Å². The van der Waals surface area contributed by atoms with Crippen molar-refractivity contribution in [1.29, 1.82) is 0 Å². The van der Waals surface area contributed by atoms with Crippen molar-refractivity contribution in [2.45, 2.75) is 0 Å². The number of fused-ring (bicyclic) bond motifs is 4. The molecular formula is C66H45N. The van der Waals surface area contributed by atoms with Crippen LogP contribution in [0, 0.1) is 0 Å².